The number of ether oxygens (including phenoxy) is 4. The van der Waals surface area contributed by atoms with Gasteiger partial charge in [0.1, 0.15) is 30.5 Å². The van der Waals surface area contributed by atoms with Crippen LogP contribution >= 0.6 is 0 Å². The molecule has 6 unspecified atom stereocenters. The summed E-state index contributed by atoms with van der Waals surface area (Å²) in [7, 11) is 0. The average molecular weight is 627 g/mol. The van der Waals surface area contributed by atoms with Gasteiger partial charge in [-0.05, 0) is 51.4 Å². The van der Waals surface area contributed by atoms with Crippen molar-refractivity contribution in [2.75, 3.05) is 26.4 Å². The van der Waals surface area contributed by atoms with Crippen LogP contribution in [0, 0.1) is 0 Å². The summed E-state index contributed by atoms with van der Waals surface area (Å²) in [5.41, 5.74) is 0. The van der Waals surface area contributed by atoms with Gasteiger partial charge in [-0.3, -0.25) is 4.79 Å². The standard InChI is InChI=1S/C35H62O9/c1-3-5-6-7-8-9-10-11-12-13-14-15-16-17-18-19-20-21-22-23-25-41-27-29(43-31(37)24-4-2)28-42-35-34(40)33(39)32(38)30(26-36)44-35/h8-9,11-12,14-15,29-30,32-36,38-40H,3-7,10,13,16-28H2,1-2H3/b9-8-,12-11-,15-14-. The topological polar surface area (TPSA) is 135 Å². The molecule has 6 atom stereocenters. The number of unbranched alkanes of at least 4 members (excludes halogenated alkanes) is 10. The van der Waals surface area contributed by atoms with E-state index in [1.807, 2.05) is 6.92 Å². The monoisotopic (exact) mass is 626 g/mol. The van der Waals surface area contributed by atoms with Crippen LogP contribution in [-0.2, 0) is 23.7 Å². The Morgan fingerprint density at radius 2 is 1.32 bits per heavy atom. The van der Waals surface area contributed by atoms with Crippen molar-refractivity contribution in [2.45, 2.75) is 153 Å². The molecule has 0 radical (unpaired) electrons. The molecule has 0 spiro atoms. The second-order valence-corrected chi connectivity index (χ2v) is 11.6. The van der Waals surface area contributed by atoms with Crippen LogP contribution in [0.15, 0.2) is 36.5 Å². The van der Waals surface area contributed by atoms with Gasteiger partial charge in [0.05, 0.1) is 19.8 Å². The Balaban J connectivity index is 2.11. The molecule has 1 saturated heterocycles. The SMILES string of the molecule is CCCCC/C=C\C/C=C\C/C=C\CCCCCCCCCOCC(COC1OC(CO)C(O)C(O)C1O)OC(=O)CCC. The van der Waals surface area contributed by atoms with Gasteiger partial charge in [-0.1, -0.05) is 95.2 Å². The molecule has 256 valence electrons. The molecule has 1 heterocycles. The van der Waals surface area contributed by atoms with E-state index in [0.717, 1.165) is 38.5 Å². The predicted molar refractivity (Wildman–Crippen MR) is 173 cm³/mol. The van der Waals surface area contributed by atoms with E-state index in [1.165, 1.54) is 51.4 Å². The van der Waals surface area contributed by atoms with Crippen LogP contribution < -0.4 is 0 Å². The van der Waals surface area contributed by atoms with E-state index in [-0.39, 0.29) is 25.6 Å². The molecule has 0 aliphatic carbocycles. The van der Waals surface area contributed by atoms with Crippen molar-refractivity contribution >= 4 is 5.97 Å². The zero-order valence-corrected chi connectivity index (χ0v) is 27.4. The van der Waals surface area contributed by atoms with Gasteiger partial charge in [0.15, 0.2) is 6.29 Å². The van der Waals surface area contributed by atoms with Gasteiger partial charge in [0, 0.05) is 13.0 Å². The number of hydrogen-bond acceptors (Lipinski definition) is 9. The highest BCUT2D eigenvalue weighted by Crippen LogP contribution is 2.22. The van der Waals surface area contributed by atoms with Crippen molar-refractivity contribution in [1.29, 1.82) is 0 Å². The molecule has 9 nitrogen and oxygen atoms in total. The quantitative estimate of drug-likeness (QED) is 0.0516. The van der Waals surface area contributed by atoms with Crippen molar-refractivity contribution in [3.63, 3.8) is 0 Å². The maximum atomic E-state index is 12.1. The molecule has 44 heavy (non-hydrogen) atoms. The zero-order valence-electron chi connectivity index (χ0n) is 27.4. The van der Waals surface area contributed by atoms with E-state index in [1.54, 1.807) is 0 Å². The third kappa shape index (κ3) is 19.7. The minimum atomic E-state index is -1.53. The molecular formula is C35H62O9. The van der Waals surface area contributed by atoms with Crippen molar-refractivity contribution < 1.29 is 44.2 Å². The van der Waals surface area contributed by atoms with Crippen LogP contribution in [-0.4, -0.2) is 89.6 Å². The van der Waals surface area contributed by atoms with Crippen molar-refractivity contribution in [3.05, 3.63) is 36.5 Å². The maximum absolute atomic E-state index is 12.1. The van der Waals surface area contributed by atoms with Crippen molar-refractivity contribution in [3.8, 4) is 0 Å². The predicted octanol–water partition coefficient (Wildman–Crippen LogP) is 5.68. The number of allylic oxidation sites excluding steroid dienone is 6. The van der Waals surface area contributed by atoms with Crippen LogP contribution in [0.25, 0.3) is 0 Å². The molecule has 1 aliphatic heterocycles. The number of aliphatic hydroxyl groups is 4. The maximum Gasteiger partial charge on any atom is 0.306 e. The summed E-state index contributed by atoms with van der Waals surface area (Å²) in [6.07, 6.45) is 23.3. The molecule has 1 aliphatic rings. The Bertz CT molecular complexity index is 767. The van der Waals surface area contributed by atoms with E-state index in [2.05, 4.69) is 43.4 Å². The first-order chi connectivity index (χ1) is 21.4. The number of aliphatic hydroxyl groups excluding tert-OH is 4. The summed E-state index contributed by atoms with van der Waals surface area (Å²) in [4.78, 5) is 12.1. The first-order valence-electron chi connectivity index (χ1n) is 17.1. The molecule has 4 N–H and O–H groups in total. The molecule has 1 rings (SSSR count). The fraction of sp³-hybridized carbons (Fsp3) is 0.800. The number of hydrogen-bond donors (Lipinski definition) is 4. The Morgan fingerprint density at radius 3 is 1.93 bits per heavy atom. The van der Waals surface area contributed by atoms with Gasteiger partial charge in [0.25, 0.3) is 0 Å². The fourth-order valence-electron chi connectivity index (χ4n) is 4.83. The zero-order chi connectivity index (χ0) is 32.3. The third-order valence-corrected chi connectivity index (χ3v) is 7.53. The number of carbonyl (C=O) groups excluding carboxylic acids is 1. The first-order valence-corrected chi connectivity index (χ1v) is 17.1. The lowest BCUT2D eigenvalue weighted by Gasteiger charge is -2.39. The van der Waals surface area contributed by atoms with Crippen LogP contribution in [0.1, 0.15) is 117 Å². The second-order valence-electron chi connectivity index (χ2n) is 11.6. The smallest absolute Gasteiger partial charge is 0.306 e. The number of esters is 1. The molecule has 1 fully saturated rings. The molecule has 0 aromatic carbocycles. The Hall–Kier alpha value is -1.59. The highest BCUT2D eigenvalue weighted by Gasteiger charge is 2.44. The lowest BCUT2D eigenvalue weighted by atomic mass is 9.99. The van der Waals surface area contributed by atoms with E-state index in [9.17, 15) is 25.2 Å². The largest absolute Gasteiger partial charge is 0.457 e. The molecule has 9 heteroatoms. The van der Waals surface area contributed by atoms with Crippen LogP contribution in [0.2, 0.25) is 0 Å². The van der Waals surface area contributed by atoms with Gasteiger partial charge < -0.3 is 39.4 Å². The minimum Gasteiger partial charge on any atom is -0.457 e. The van der Waals surface area contributed by atoms with Crippen LogP contribution in [0.4, 0.5) is 0 Å². The van der Waals surface area contributed by atoms with Gasteiger partial charge in [0.2, 0.25) is 0 Å². The van der Waals surface area contributed by atoms with Gasteiger partial charge in [-0.2, -0.15) is 0 Å². The highest BCUT2D eigenvalue weighted by molar-refractivity contribution is 5.69. The van der Waals surface area contributed by atoms with Gasteiger partial charge in [-0.25, -0.2) is 0 Å². The summed E-state index contributed by atoms with van der Waals surface area (Å²) in [6.45, 7) is 4.11. The Kier molecular flexibility index (Phi) is 25.5. The summed E-state index contributed by atoms with van der Waals surface area (Å²) in [5.74, 6) is -0.373. The lowest BCUT2D eigenvalue weighted by molar-refractivity contribution is -0.305. The summed E-state index contributed by atoms with van der Waals surface area (Å²) in [6, 6.07) is 0. The van der Waals surface area contributed by atoms with E-state index < -0.39 is 43.4 Å². The Labute approximate surface area is 266 Å². The first kappa shape index (κ1) is 40.4. The van der Waals surface area contributed by atoms with Crippen molar-refractivity contribution in [2.24, 2.45) is 0 Å². The lowest BCUT2D eigenvalue weighted by Crippen LogP contribution is -2.59. The van der Waals surface area contributed by atoms with E-state index in [4.69, 9.17) is 18.9 Å². The number of carbonyl (C=O) groups is 1. The minimum absolute atomic E-state index is 0.124. The van der Waals surface area contributed by atoms with Gasteiger partial charge in [-0.15, -0.1) is 0 Å². The molecule has 0 saturated carbocycles. The molecule has 0 aromatic rings. The van der Waals surface area contributed by atoms with Crippen LogP contribution in [0.3, 0.4) is 0 Å². The normalized spacial score (nSPS) is 23.3. The average Bonchev–Trinajstić information content (AvgIpc) is 3.01. The molecule has 0 amide bonds. The van der Waals surface area contributed by atoms with Crippen LogP contribution in [0.5, 0.6) is 0 Å². The Morgan fingerprint density at radius 1 is 0.727 bits per heavy atom. The van der Waals surface area contributed by atoms with E-state index >= 15 is 0 Å². The third-order valence-electron chi connectivity index (χ3n) is 7.53. The molecular weight excluding hydrogens is 564 g/mol. The summed E-state index contributed by atoms with van der Waals surface area (Å²) < 4.78 is 22.2. The number of rotatable bonds is 27. The van der Waals surface area contributed by atoms with Crippen molar-refractivity contribution in [1.82, 2.24) is 0 Å². The summed E-state index contributed by atoms with van der Waals surface area (Å²) in [5, 5.41) is 39.4. The molecule has 0 bridgehead atoms. The summed E-state index contributed by atoms with van der Waals surface area (Å²) >= 11 is 0. The highest BCUT2D eigenvalue weighted by atomic mass is 16.7. The van der Waals surface area contributed by atoms with Gasteiger partial charge >= 0.3 is 5.97 Å². The molecule has 0 aromatic heterocycles. The fourth-order valence-corrected chi connectivity index (χ4v) is 4.83. The van der Waals surface area contributed by atoms with E-state index in [0.29, 0.717) is 13.0 Å². The second kappa shape index (κ2) is 27.7.